The van der Waals surface area contributed by atoms with Crippen LogP contribution in [0.4, 0.5) is 0 Å². The van der Waals surface area contributed by atoms with E-state index in [-0.39, 0.29) is 11.8 Å². The van der Waals surface area contributed by atoms with E-state index in [1.165, 1.54) is 33.3 Å². The van der Waals surface area contributed by atoms with E-state index >= 15 is 0 Å². The normalized spacial score (nSPS) is 15.8. The fraction of sp³-hybridized carbons (Fsp3) is 0.263. The molecule has 0 bridgehead atoms. The lowest BCUT2D eigenvalue weighted by molar-refractivity contribution is -0.135. The van der Waals surface area contributed by atoms with Gasteiger partial charge >= 0.3 is 0 Å². The van der Waals surface area contributed by atoms with Crippen molar-refractivity contribution in [2.45, 2.75) is 13.2 Å². The number of carbonyl (C=O) groups is 1. The van der Waals surface area contributed by atoms with Crippen molar-refractivity contribution in [2.75, 3.05) is 21.3 Å². The summed E-state index contributed by atoms with van der Waals surface area (Å²) in [6.45, 7) is 1.44. The Morgan fingerprint density at radius 3 is 2.15 bits per heavy atom. The van der Waals surface area contributed by atoms with E-state index in [1.54, 1.807) is 12.1 Å². The van der Waals surface area contributed by atoms with Gasteiger partial charge in [0.1, 0.15) is 0 Å². The molecule has 0 N–H and O–H groups in total. The minimum absolute atomic E-state index is 0.231. The lowest BCUT2D eigenvalue weighted by Gasteiger charge is -2.19. The molecule has 0 aliphatic carbocycles. The molecule has 0 spiro atoms. The SMILES string of the molecule is COc1cc(C2=NN(C(C)=O)[C@@H](c3ccc(Br)cc3)O2)cc(OC)c1OC. The van der Waals surface area contributed by atoms with Crippen LogP contribution in [0.2, 0.25) is 0 Å². The van der Waals surface area contributed by atoms with Crippen LogP contribution in [-0.2, 0) is 9.53 Å². The molecule has 0 unspecified atom stereocenters. The Morgan fingerprint density at radius 2 is 1.67 bits per heavy atom. The van der Waals surface area contributed by atoms with Crippen molar-refractivity contribution < 1.29 is 23.7 Å². The summed E-state index contributed by atoms with van der Waals surface area (Å²) in [4.78, 5) is 12.1. The molecule has 0 radical (unpaired) electrons. The van der Waals surface area contributed by atoms with Crippen LogP contribution < -0.4 is 14.2 Å². The van der Waals surface area contributed by atoms with Crippen molar-refractivity contribution >= 4 is 27.7 Å². The Kier molecular flexibility index (Phi) is 5.55. The molecule has 1 atom stereocenters. The van der Waals surface area contributed by atoms with Crippen LogP contribution in [0.15, 0.2) is 46.0 Å². The number of benzene rings is 2. The molecule has 2 aromatic carbocycles. The third kappa shape index (κ3) is 3.71. The van der Waals surface area contributed by atoms with Gasteiger partial charge in [-0.25, -0.2) is 0 Å². The summed E-state index contributed by atoms with van der Waals surface area (Å²) in [5, 5.41) is 5.67. The quantitative estimate of drug-likeness (QED) is 0.716. The second kappa shape index (κ2) is 7.87. The number of methoxy groups -OCH3 is 3. The number of hydrazone groups is 1. The van der Waals surface area contributed by atoms with Crippen molar-refractivity contribution in [1.29, 1.82) is 0 Å². The summed E-state index contributed by atoms with van der Waals surface area (Å²) in [7, 11) is 4.60. The molecule has 0 saturated heterocycles. The van der Waals surface area contributed by atoms with Crippen LogP contribution in [0, 0.1) is 0 Å². The number of halogens is 1. The van der Waals surface area contributed by atoms with Crippen molar-refractivity contribution in [3.8, 4) is 17.2 Å². The monoisotopic (exact) mass is 434 g/mol. The minimum atomic E-state index is -0.648. The maximum Gasteiger partial charge on any atom is 0.243 e. The molecule has 1 amide bonds. The zero-order valence-corrected chi connectivity index (χ0v) is 16.9. The predicted octanol–water partition coefficient (Wildman–Crippen LogP) is 3.71. The maximum atomic E-state index is 12.1. The van der Waals surface area contributed by atoms with Gasteiger partial charge in [-0.15, -0.1) is 5.10 Å². The fourth-order valence-electron chi connectivity index (χ4n) is 2.73. The summed E-state index contributed by atoms with van der Waals surface area (Å²) in [5.41, 5.74) is 1.41. The first-order valence-electron chi connectivity index (χ1n) is 8.09. The Bertz CT molecular complexity index is 857. The second-order valence-electron chi connectivity index (χ2n) is 5.70. The van der Waals surface area contributed by atoms with Crippen LogP contribution >= 0.6 is 15.9 Å². The Hall–Kier alpha value is -2.74. The number of rotatable bonds is 5. The fourth-order valence-corrected chi connectivity index (χ4v) is 3.00. The summed E-state index contributed by atoms with van der Waals surface area (Å²) < 4.78 is 23.0. The summed E-state index contributed by atoms with van der Waals surface area (Å²) in [5.74, 6) is 1.47. The Morgan fingerprint density at radius 1 is 1.07 bits per heavy atom. The van der Waals surface area contributed by atoms with Gasteiger partial charge in [0.25, 0.3) is 0 Å². The molecule has 0 aromatic heterocycles. The van der Waals surface area contributed by atoms with E-state index in [1.807, 2.05) is 24.3 Å². The van der Waals surface area contributed by atoms with E-state index in [9.17, 15) is 4.79 Å². The smallest absolute Gasteiger partial charge is 0.243 e. The second-order valence-corrected chi connectivity index (χ2v) is 6.62. The number of hydrogen-bond donors (Lipinski definition) is 0. The third-order valence-corrected chi connectivity index (χ3v) is 4.56. The van der Waals surface area contributed by atoms with Gasteiger partial charge in [-0.2, -0.15) is 5.01 Å². The summed E-state index contributed by atoms with van der Waals surface area (Å²) >= 11 is 3.40. The van der Waals surface area contributed by atoms with Crippen LogP contribution in [0.3, 0.4) is 0 Å². The molecule has 8 heteroatoms. The third-order valence-electron chi connectivity index (χ3n) is 4.03. The average molecular weight is 435 g/mol. The van der Waals surface area contributed by atoms with Gasteiger partial charge in [-0.1, -0.05) is 28.1 Å². The van der Waals surface area contributed by atoms with Gasteiger partial charge in [-0.05, 0) is 24.3 Å². The van der Waals surface area contributed by atoms with Gasteiger partial charge < -0.3 is 18.9 Å². The zero-order chi connectivity index (χ0) is 19.6. The molecule has 1 heterocycles. The number of hydrogen-bond acceptors (Lipinski definition) is 6. The van der Waals surface area contributed by atoms with Crippen molar-refractivity contribution in [3.05, 3.63) is 52.0 Å². The van der Waals surface area contributed by atoms with E-state index in [0.717, 1.165) is 10.0 Å². The maximum absolute atomic E-state index is 12.1. The number of ether oxygens (including phenoxy) is 4. The lowest BCUT2D eigenvalue weighted by Crippen LogP contribution is -2.25. The van der Waals surface area contributed by atoms with Crippen molar-refractivity contribution in [1.82, 2.24) is 5.01 Å². The topological polar surface area (TPSA) is 69.6 Å². The Balaban J connectivity index is 2.01. The first-order valence-corrected chi connectivity index (χ1v) is 8.88. The van der Waals surface area contributed by atoms with E-state index in [4.69, 9.17) is 18.9 Å². The Labute approximate surface area is 165 Å². The highest BCUT2D eigenvalue weighted by atomic mass is 79.9. The molecule has 2 aromatic rings. The van der Waals surface area contributed by atoms with Crippen molar-refractivity contribution in [3.63, 3.8) is 0 Å². The number of carbonyl (C=O) groups excluding carboxylic acids is 1. The molecule has 1 aliphatic heterocycles. The van der Waals surface area contributed by atoms with E-state index in [0.29, 0.717) is 22.8 Å². The molecule has 1 aliphatic rings. The molecule has 142 valence electrons. The van der Waals surface area contributed by atoms with Gasteiger partial charge in [0.2, 0.25) is 23.8 Å². The van der Waals surface area contributed by atoms with E-state index < -0.39 is 6.23 Å². The zero-order valence-electron chi connectivity index (χ0n) is 15.4. The molecular weight excluding hydrogens is 416 g/mol. The highest BCUT2D eigenvalue weighted by molar-refractivity contribution is 9.10. The first kappa shape index (κ1) is 19.0. The van der Waals surface area contributed by atoms with E-state index in [2.05, 4.69) is 21.0 Å². The van der Waals surface area contributed by atoms with Crippen LogP contribution in [0.5, 0.6) is 17.2 Å². The molecule has 0 saturated carbocycles. The molecule has 27 heavy (non-hydrogen) atoms. The van der Waals surface area contributed by atoms with Crippen LogP contribution in [-0.4, -0.2) is 38.1 Å². The number of amides is 1. The van der Waals surface area contributed by atoms with Gasteiger partial charge in [0.15, 0.2) is 11.5 Å². The highest BCUT2D eigenvalue weighted by Crippen LogP contribution is 2.40. The standard InChI is InChI=1S/C19H19BrN2O5/c1-11(23)22-19(12-5-7-14(20)8-6-12)27-18(21-22)13-9-15(24-2)17(26-4)16(10-13)25-3/h5-10,19H,1-4H3/t19-/m1/s1. The largest absolute Gasteiger partial charge is 0.493 e. The van der Waals surface area contributed by atoms with Crippen molar-refractivity contribution in [2.24, 2.45) is 5.10 Å². The lowest BCUT2D eigenvalue weighted by atomic mass is 10.1. The molecule has 7 nitrogen and oxygen atoms in total. The molecule has 3 rings (SSSR count). The van der Waals surface area contributed by atoms with Gasteiger partial charge in [-0.3, -0.25) is 4.79 Å². The average Bonchev–Trinajstić information content (AvgIpc) is 3.13. The van der Waals surface area contributed by atoms with Gasteiger partial charge in [0.05, 0.1) is 21.3 Å². The minimum Gasteiger partial charge on any atom is -0.493 e. The summed E-state index contributed by atoms with van der Waals surface area (Å²) in [6, 6.07) is 11.0. The van der Waals surface area contributed by atoms with Crippen LogP contribution in [0.1, 0.15) is 24.3 Å². The molecular formula is C19H19BrN2O5. The van der Waals surface area contributed by atoms with Gasteiger partial charge in [0, 0.05) is 22.5 Å². The number of nitrogens with zero attached hydrogens (tertiary/aromatic N) is 2. The molecule has 0 fully saturated rings. The highest BCUT2D eigenvalue weighted by Gasteiger charge is 2.33. The predicted molar refractivity (Wildman–Crippen MR) is 103 cm³/mol. The summed E-state index contributed by atoms with van der Waals surface area (Å²) in [6.07, 6.45) is -0.648. The van der Waals surface area contributed by atoms with Crippen LogP contribution in [0.25, 0.3) is 0 Å². The first-order chi connectivity index (χ1) is 13.0.